The molecule has 4 heterocycles. The zero-order valence-electron chi connectivity index (χ0n) is 41.0. The van der Waals surface area contributed by atoms with Crippen molar-refractivity contribution in [3.05, 3.63) is 266 Å². The second-order valence-corrected chi connectivity index (χ2v) is 19.5. The number of hydrogen-bond acceptors (Lipinski definition) is 2. The molecule has 0 aliphatic carbocycles. The molecule has 0 amide bonds. The summed E-state index contributed by atoms with van der Waals surface area (Å²) >= 11 is 0. The number of para-hydroxylation sites is 2. The first-order valence-corrected chi connectivity index (χ1v) is 25.6. The van der Waals surface area contributed by atoms with Crippen molar-refractivity contribution < 1.29 is 0 Å². The van der Waals surface area contributed by atoms with Crippen LogP contribution in [0.4, 0.5) is 0 Å². The third-order valence-corrected chi connectivity index (χ3v) is 15.2. The Hall–Kier alpha value is -10.0. The summed E-state index contributed by atoms with van der Waals surface area (Å²) in [4.78, 5) is 10.8. The van der Waals surface area contributed by atoms with Gasteiger partial charge in [0.15, 0.2) is 0 Å². The highest BCUT2D eigenvalue weighted by Gasteiger charge is 2.25. The van der Waals surface area contributed by atoms with E-state index in [2.05, 4.69) is 286 Å². The summed E-state index contributed by atoms with van der Waals surface area (Å²) in [5, 5.41) is 0. The van der Waals surface area contributed by atoms with Crippen molar-refractivity contribution in [2.45, 2.75) is 6.92 Å². The topological polar surface area (TPSA) is 44.5 Å². The van der Waals surface area contributed by atoms with Crippen molar-refractivity contribution in [1.82, 2.24) is 27.9 Å². The van der Waals surface area contributed by atoms with E-state index in [1.165, 1.54) is 27.8 Å². The minimum absolute atomic E-state index is 0.873. The van der Waals surface area contributed by atoms with Crippen molar-refractivity contribution in [3.63, 3.8) is 0 Å². The molecule has 0 saturated heterocycles. The van der Waals surface area contributed by atoms with E-state index >= 15 is 0 Å². The molecule has 15 rings (SSSR count). The van der Waals surface area contributed by atoms with Gasteiger partial charge in [-0.3, -0.25) is 17.9 Å². The Morgan fingerprint density at radius 2 is 0.600 bits per heavy atom. The number of nitrogens with zero attached hydrogens (tertiary/aromatic N) is 6. The lowest BCUT2D eigenvalue weighted by Crippen LogP contribution is -1.97. The molecule has 0 spiro atoms. The third-order valence-electron chi connectivity index (χ3n) is 15.2. The molecule has 0 bridgehead atoms. The highest BCUT2D eigenvalue weighted by atomic mass is 15.2. The van der Waals surface area contributed by atoms with Crippen molar-refractivity contribution in [3.8, 4) is 78.1 Å². The van der Waals surface area contributed by atoms with Crippen LogP contribution in [0.25, 0.3) is 134 Å². The Labute approximate surface area is 432 Å². The summed E-state index contributed by atoms with van der Waals surface area (Å²) in [6, 6.07) is 93.9. The van der Waals surface area contributed by atoms with E-state index in [9.17, 15) is 0 Å². The normalized spacial score (nSPS) is 11.8. The quantitative estimate of drug-likeness (QED) is 0.152. The van der Waals surface area contributed by atoms with E-state index in [4.69, 9.17) is 9.97 Å². The molecule has 4 aromatic heterocycles. The average molecular weight is 959 g/mol. The molecule has 0 fully saturated rings. The van der Waals surface area contributed by atoms with E-state index in [1.807, 2.05) is 0 Å². The number of hydrogen-bond donors (Lipinski definition) is 0. The van der Waals surface area contributed by atoms with Gasteiger partial charge < -0.3 is 0 Å². The van der Waals surface area contributed by atoms with Crippen molar-refractivity contribution in [1.29, 1.82) is 0 Å². The van der Waals surface area contributed by atoms with E-state index in [0.29, 0.717) is 0 Å². The summed E-state index contributed by atoms with van der Waals surface area (Å²) < 4.78 is 9.30. The number of imidazole rings is 4. The van der Waals surface area contributed by atoms with Gasteiger partial charge in [0.1, 0.15) is 0 Å². The largest absolute Gasteiger partial charge is 0.278 e. The molecule has 6 nitrogen and oxygen atoms in total. The molecule has 6 heteroatoms. The van der Waals surface area contributed by atoms with Crippen LogP contribution in [-0.4, -0.2) is 27.9 Å². The monoisotopic (exact) mass is 958 g/mol. The number of benzene rings is 11. The first-order valence-electron chi connectivity index (χ1n) is 25.6. The minimum atomic E-state index is 0.873. The molecule has 0 aliphatic heterocycles. The van der Waals surface area contributed by atoms with Crippen LogP contribution in [0.3, 0.4) is 0 Å². The fraction of sp³-hybridized carbons (Fsp3) is 0.0145. The van der Waals surface area contributed by atoms with Gasteiger partial charge in [0.25, 0.3) is 0 Å². The molecule has 352 valence electrons. The zero-order chi connectivity index (χ0) is 49.6. The Morgan fingerprint density at radius 1 is 0.267 bits per heavy atom. The second kappa shape index (κ2) is 17.0. The second-order valence-electron chi connectivity index (χ2n) is 19.5. The van der Waals surface area contributed by atoms with E-state index in [1.54, 1.807) is 0 Å². The summed E-state index contributed by atoms with van der Waals surface area (Å²) in [6.45, 7) is 2.31. The first-order chi connectivity index (χ1) is 37.1. The Kier molecular flexibility index (Phi) is 9.69. The molecular weight excluding hydrogens is 913 g/mol. The lowest BCUT2D eigenvalue weighted by molar-refractivity contribution is 1.11. The Balaban J connectivity index is 1.00. The number of aromatic nitrogens is 6. The number of fused-ring (bicyclic) bond motifs is 10. The smallest absolute Gasteiger partial charge is 0.220 e. The van der Waals surface area contributed by atoms with Gasteiger partial charge in [-0.25, -0.2) is 9.97 Å². The van der Waals surface area contributed by atoms with Gasteiger partial charge in [0, 0.05) is 11.4 Å². The maximum absolute atomic E-state index is 5.41. The van der Waals surface area contributed by atoms with Gasteiger partial charge in [0.2, 0.25) is 11.6 Å². The summed E-state index contributed by atoms with van der Waals surface area (Å²) in [6.07, 6.45) is 0. The fourth-order valence-electron chi connectivity index (χ4n) is 11.7. The van der Waals surface area contributed by atoms with Crippen LogP contribution >= 0.6 is 0 Å². The predicted molar refractivity (Wildman–Crippen MR) is 310 cm³/mol. The first kappa shape index (κ1) is 42.6. The van der Waals surface area contributed by atoms with Crippen LogP contribution in [-0.2, 0) is 0 Å². The Morgan fingerprint density at radius 3 is 0.987 bits per heavy atom. The Bertz CT molecular complexity index is 4370. The van der Waals surface area contributed by atoms with Gasteiger partial charge in [-0.2, -0.15) is 0 Å². The molecule has 75 heavy (non-hydrogen) atoms. The molecular formula is C69H46N6. The van der Waals surface area contributed by atoms with Crippen LogP contribution < -0.4 is 0 Å². The van der Waals surface area contributed by atoms with E-state index in [0.717, 1.165) is 112 Å². The van der Waals surface area contributed by atoms with Crippen LogP contribution in [0.2, 0.25) is 0 Å². The van der Waals surface area contributed by atoms with Crippen LogP contribution in [0.1, 0.15) is 5.56 Å². The van der Waals surface area contributed by atoms with Crippen molar-refractivity contribution >= 4 is 55.7 Å². The lowest BCUT2D eigenvalue weighted by atomic mass is 9.81. The van der Waals surface area contributed by atoms with Crippen LogP contribution in [0, 0.1) is 6.92 Å². The SMILES string of the molecule is Cc1c(-c2ccccc2)c(-c2ccc3nc4n(-c5ccccc5)c5ccc(-c6ccccc6)cc5n4c3c2)cc(-c2ccc3nc4n(-c5ccccc5)c5ccc(-c6ccccc6)cc5n4c3c2)c1-c1ccccc1. The van der Waals surface area contributed by atoms with E-state index in [-0.39, 0.29) is 0 Å². The number of rotatable bonds is 8. The fourth-order valence-corrected chi connectivity index (χ4v) is 11.7. The molecule has 0 atom stereocenters. The molecule has 11 aromatic carbocycles. The van der Waals surface area contributed by atoms with Gasteiger partial charge >= 0.3 is 0 Å². The molecule has 0 unspecified atom stereocenters. The van der Waals surface area contributed by atoms with Crippen molar-refractivity contribution in [2.24, 2.45) is 0 Å². The minimum Gasteiger partial charge on any atom is -0.278 e. The van der Waals surface area contributed by atoms with Gasteiger partial charge in [-0.05, 0) is 158 Å². The molecule has 0 aliphatic rings. The highest BCUT2D eigenvalue weighted by Crippen LogP contribution is 2.47. The zero-order valence-corrected chi connectivity index (χ0v) is 41.0. The lowest BCUT2D eigenvalue weighted by Gasteiger charge is -2.22. The van der Waals surface area contributed by atoms with Crippen LogP contribution in [0.15, 0.2) is 261 Å². The summed E-state index contributed by atoms with van der Waals surface area (Å²) in [5.41, 5.74) is 25.6. The molecule has 0 N–H and O–H groups in total. The van der Waals surface area contributed by atoms with Gasteiger partial charge in [-0.1, -0.05) is 182 Å². The predicted octanol–water partition coefficient (Wildman–Crippen LogP) is 17.5. The standard InChI is InChI=1S/C69H46N6/c1-45-66(48-24-12-4-13-25-48)56(52-32-36-58-62(42-52)74-64-40-50(46-20-8-2-9-21-46)34-38-60(64)72(68(74)70-58)54-28-16-6-17-29-54)44-57(67(45)49-26-14-5-15-27-49)53-33-37-59-63(43-53)75-65-41-51(47-22-10-3-11-23-47)35-39-61(65)73(69(75)71-59)55-30-18-7-19-31-55/h2-44H,1H3. The maximum atomic E-state index is 5.41. The van der Waals surface area contributed by atoms with Gasteiger partial charge in [-0.15, -0.1) is 0 Å². The molecule has 0 saturated carbocycles. The molecule has 15 aromatic rings. The molecule has 0 radical (unpaired) electrons. The third kappa shape index (κ3) is 6.80. The summed E-state index contributed by atoms with van der Waals surface area (Å²) in [5.74, 6) is 1.75. The summed E-state index contributed by atoms with van der Waals surface area (Å²) in [7, 11) is 0. The van der Waals surface area contributed by atoms with Crippen molar-refractivity contribution in [2.75, 3.05) is 0 Å². The van der Waals surface area contributed by atoms with E-state index < -0.39 is 0 Å². The van der Waals surface area contributed by atoms with Crippen LogP contribution in [0.5, 0.6) is 0 Å². The average Bonchev–Trinajstić information content (AvgIpc) is 4.26. The highest BCUT2D eigenvalue weighted by molar-refractivity contribution is 6.03. The maximum Gasteiger partial charge on any atom is 0.220 e. The van der Waals surface area contributed by atoms with Gasteiger partial charge in [0.05, 0.1) is 44.1 Å².